The van der Waals surface area contributed by atoms with E-state index in [0.29, 0.717) is 17.0 Å². The van der Waals surface area contributed by atoms with Crippen molar-refractivity contribution in [1.29, 1.82) is 0 Å². The van der Waals surface area contributed by atoms with Gasteiger partial charge in [-0.25, -0.2) is 9.69 Å². The van der Waals surface area contributed by atoms with Crippen LogP contribution in [0.3, 0.4) is 0 Å². The molecule has 3 aromatic rings. The maximum absolute atomic E-state index is 13.1. The van der Waals surface area contributed by atoms with Crippen LogP contribution >= 0.6 is 0 Å². The number of imide groups is 2. The number of benzene rings is 3. The minimum Gasteiger partial charge on any atom is -0.489 e. The van der Waals surface area contributed by atoms with Crippen molar-refractivity contribution in [2.45, 2.75) is 20.5 Å². The zero-order valence-corrected chi connectivity index (χ0v) is 19.0. The van der Waals surface area contributed by atoms with Gasteiger partial charge in [-0.2, -0.15) is 0 Å². The fourth-order valence-electron chi connectivity index (χ4n) is 3.68. The average molecular weight is 471 g/mol. The second-order valence-electron chi connectivity index (χ2n) is 8.09. The molecule has 1 aliphatic rings. The largest absolute Gasteiger partial charge is 0.489 e. The van der Waals surface area contributed by atoms with Crippen LogP contribution in [0.5, 0.6) is 5.75 Å². The van der Waals surface area contributed by atoms with Crippen molar-refractivity contribution in [3.8, 4) is 5.75 Å². The molecule has 0 spiro atoms. The third-order valence-electron chi connectivity index (χ3n) is 5.31. The number of hydrogen-bond donors (Lipinski definition) is 1. The molecule has 0 atom stereocenters. The third-order valence-corrected chi connectivity index (χ3v) is 5.31. The van der Waals surface area contributed by atoms with Crippen molar-refractivity contribution in [3.63, 3.8) is 0 Å². The van der Waals surface area contributed by atoms with Gasteiger partial charge in [0.15, 0.2) is 0 Å². The van der Waals surface area contributed by atoms with Crippen LogP contribution in [-0.4, -0.2) is 22.8 Å². The number of rotatable bonds is 6. The summed E-state index contributed by atoms with van der Waals surface area (Å²) in [6.07, 6.45) is 1.42. The number of hydrogen-bond acceptors (Lipinski definition) is 6. The Hall–Kier alpha value is -4.79. The van der Waals surface area contributed by atoms with Gasteiger partial charge in [0.05, 0.1) is 10.6 Å². The van der Waals surface area contributed by atoms with Gasteiger partial charge in [-0.3, -0.25) is 25.0 Å². The smallest absolute Gasteiger partial charge is 0.335 e. The van der Waals surface area contributed by atoms with E-state index in [-0.39, 0.29) is 17.9 Å². The van der Waals surface area contributed by atoms with Crippen LogP contribution in [0.2, 0.25) is 0 Å². The summed E-state index contributed by atoms with van der Waals surface area (Å²) in [5.74, 6) is -0.932. The molecule has 9 heteroatoms. The summed E-state index contributed by atoms with van der Waals surface area (Å²) in [5.41, 5.74) is 3.33. The molecule has 3 aromatic carbocycles. The van der Waals surface area contributed by atoms with Gasteiger partial charge >= 0.3 is 6.03 Å². The molecule has 0 saturated carbocycles. The van der Waals surface area contributed by atoms with Crippen LogP contribution in [0.4, 0.5) is 16.2 Å². The number of ether oxygens (including phenoxy) is 1. The zero-order valence-electron chi connectivity index (χ0n) is 19.0. The molecule has 4 rings (SSSR count). The molecule has 1 fully saturated rings. The standard InChI is InChI=1S/C26H21N3O6/c1-16-11-17(2)13-21(12-16)28-25(31)23(24(30)27-26(28)32)14-18-5-9-22(10-6-18)35-15-19-3-7-20(8-4-19)29(33)34/h3-14H,15H2,1-2H3,(H,27,30,32)/b23-14+. The van der Waals surface area contributed by atoms with E-state index < -0.39 is 22.8 Å². The molecule has 1 N–H and O–H groups in total. The Morgan fingerprint density at radius 2 is 1.57 bits per heavy atom. The van der Waals surface area contributed by atoms with Gasteiger partial charge in [0.25, 0.3) is 17.5 Å². The van der Waals surface area contributed by atoms with Crippen LogP contribution in [0.25, 0.3) is 6.08 Å². The highest BCUT2D eigenvalue weighted by atomic mass is 16.6. The first kappa shape index (κ1) is 23.4. The second kappa shape index (κ2) is 9.60. The SMILES string of the molecule is Cc1cc(C)cc(N2C(=O)NC(=O)/C(=C\c3ccc(OCc4ccc([N+](=O)[O-])cc4)cc3)C2=O)c1. The first-order valence-electron chi connectivity index (χ1n) is 10.7. The zero-order chi connectivity index (χ0) is 25.1. The summed E-state index contributed by atoms with van der Waals surface area (Å²) in [6.45, 7) is 3.93. The quantitative estimate of drug-likeness (QED) is 0.245. The van der Waals surface area contributed by atoms with Crippen LogP contribution in [0, 0.1) is 24.0 Å². The summed E-state index contributed by atoms with van der Waals surface area (Å²) >= 11 is 0. The van der Waals surface area contributed by atoms with Gasteiger partial charge in [-0.1, -0.05) is 18.2 Å². The molecule has 4 amide bonds. The van der Waals surface area contributed by atoms with Crippen molar-refractivity contribution in [3.05, 3.63) is 105 Å². The maximum atomic E-state index is 13.1. The van der Waals surface area contributed by atoms with Crippen molar-refractivity contribution >= 4 is 35.3 Å². The summed E-state index contributed by atoms with van der Waals surface area (Å²) in [5, 5.41) is 13.0. The summed E-state index contributed by atoms with van der Waals surface area (Å²) in [4.78, 5) is 49.1. The highest BCUT2D eigenvalue weighted by Gasteiger charge is 2.36. The Labute approximate surface area is 200 Å². The predicted octanol–water partition coefficient (Wildman–Crippen LogP) is 4.46. The van der Waals surface area contributed by atoms with Crippen molar-refractivity contribution < 1.29 is 24.0 Å². The van der Waals surface area contributed by atoms with Crippen LogP contribution in [-0.2, 0) is 16.2 Å². The number of nitro groups is 1. The monoisotopic (exact) mass is 471 g/mol. The lowest BCUT2D eigenvalue weighted by Gasteiger charge is -2.27. The van der Waals surface area contributed by atoms with Crippen molar-refractivity contribution in [1.82, 2.24) is 5.32 Å². The molecule has 0 bridgehead atoms. The number of carbonyl (C=O) groups excluding carboxylic acids is 3. The molecule has 0 radical (unpaired) electrons. The highest BCUT2D eigenvalue weighted by Crippen LogP contribution is 2.25. The van der Waals surface area contributed by atoms with Gasteiger partial charge < -0.3 is 4.74 Å². The number of carbonyl (C=O) groups is 3. The van der Waals surface area contributed by atoms with Gasteiger partial charge in [-0.15, -0.1) is 0 Å². The van der Waals surface area contributed by atoms with Crippen molar-refractivity contribution in [2.24, 2.45) is 0 Å². The highest BCUT2D eigenvalue weighted by molar-refractivity contribution is 6.39. The molecule has 1 saturated heterocycles. The average Bonchev–Trinajstić information content (AvgIpc) is 2.80. The van der Waals surface area contributed by atoms with E-state index in [1.54, 1.807) is 48.5 Å². The molecular formula is C26H21N3O6. The van der Waals surface area contributed by atoms with Gasteiger partial charge in [0.2, 0.25) is 0 Å². The van der Waals surface area contributed by atoms with E-state index in [2.05, 4.69) is 5.32 Å². The number of nitro benzene ring substituents is 1. The first-order valence-corrected chi connectivity index (χ1v) is 10.7. The number of amides is 4. The Morgan fingerprint density at radius 3 is 2.17 bits per heavy atom. The molecule has 35 heavy (non-hydrogen) atoms. The number of aryl methyl sites for hydroxylation is 2. The lowest BCUT2D eigenvalue weighted by molar-refractivity contribution is -0.384. The fraction of sp³-hybridized carbons (Fsp3) is 0.115. The summed E-state index contributed by atoms with van der Waals surface area (Å²) in [7, 11) is 0. The molecule has 1 heterocycles. The van der Waals surface area contributed by atoms with Crippen molar-refractivity contribution in [2.75, 3.05) is 4.90 Å². The fourth-order valence-corrected chi connectivity index (χ4v) is 3.68. The second-order valence-corrected chi connectivity index (χ2v) is 8.09. The molecule has 1 aliphatic heterocycles. The number of anilines is 1. The summed E-state index contributed by atoms with van der Waals surface area (Å²) in [6, 6.07) is 17.3. The normalized spacial score (nSPS) is 14.7. The van der Waals surface area contributed by atoms with Crippen LogP contribution in [0.1, 0.15) is 22.3 Å². The number of nitrogens with zero attached hydrogens (tertiary/aromatic N) is 2. The van der Waals surface area contributed by atoms with Crippen LogP contribution < -0.4 is 15.0 Å². The molecule has 0 aliphatic carbocycles. The van der Waals surface area contributed by atoms with Gasteiger partial charge in [-0.05, 0) is 78.6 Å². The third kappa shape index (κ3) is 5.25. The number of barbiturate groups is 1. The lowest BCUT2D eigenvalue weighted by atomic mass is 10.1. The lowest BCUT2D eigenvalue weighted by Crippen LogP contribution is -2.54. The van der Waals surface area contributed by atoms with E-state index in [9.17, 15) is 24.5 Å². The van der Waals surface area contributed by atoms with E-state index in [1.807, 2.05) is 19.9 Å². The van der Waals surface area contributed by atoms with E-state index in [0.717, 1.165) is 21.6 Å². The Balaban J connectivity index is 1.49. The van der Waals surface area contributed by atoms with Gasteiger partial charge in [0.1, 0.15) is 17.9 Å². The number of nitrogens with one attached hydrogen (secondary N) is 1. The van der Waals surface area contributed by atoms with E-state index in [1.165, 1.54) is 18.2 Å². The van der Waals surface area contributed by atoms with Crippen LogP contribution in [0.15, 0.2) is 72.3 Å². The minimum absolute atomic E-state index is 0.00485. The number of non-ortho nitro benzene ring substituents is 1. The molecule has 176 valence electrons. The Kier molecular flexibility index (Phi) is 6.41. The van der Waals surface area contributed by atoms with Gasteiger partial charge in [0, 0.05) is 12.1 Å². The Morgan fingerprint density at radius 1 is 0.943 bits per heavy atom. The predicted molar refractivity (Wildman–Crippen MR) is 129 cm³/mol. The minimum atomic E-state index is -0.794. The Bertz CT molecular complexity index is 1340. The first-order chi connectivity index (χ1) is 16.7. The topological polar surface area (TPSA) is 119 Å². The molecular weight excluding hydrogens is 450 g/mol. The molecule has 0 unspecified atom stereocenters. The molecule has 0 aromatic heterocycles. The molecule has 9 nitrogen and oxygen atoms in total. The maximum Gasteiger partial charge on any atom is 0.335 e. The van der Waals surface area contributed by atoms with E-state index in [4.69, 9.17) is 4.74 Å². The number of urea groups is 1. The van der Waals surface area contributed by atoms with E-state index >= 15 is 0 Å². The summed E-state index contributed by atoms with van der Waals surface area (Å²) < 4.78 is 5.70.